The number of hydrogen-bond donors (Lipinski definition) is 0. The van der Waals surface area contributed by atoms with E-state index in [0.717, 1.165) is 10.5 Å². The van der Waals surface area contributed by atoms with Crippen molar-refractivity contribution in [3.8, 4) is 0 Å². The van der Waals surface area contributed by atoms with Crippen LogP contribution in [-0.4, -0.2) is 40.8 Å². The van der Waals surface area contributed by atoms with Crippen LogP contribution in [0.4, 0.5) is 4.39 Å². The van der Waals surface area contributed by atoms with Crippen LogP contribution in [0.25, 0.3) is 22.6 Å². The van der Waals surface area contributed by atoms with Gasteiger partial charge in [-0.3, -0.25) is 14.5 Å². The van der Waals surface area contributed by atoms with Crippen LogP contribution in [0, 0.1) is 5.82 Å². The highest BCUT2D eigenvalue weighted by molar-refractivity contribution is 6.32. The number of hydrogen-bond acceptors (Lipinski definition) is 5. The molecule has 34 heavy (non-hydrogen) atoms. The molecule has 1 aliphatic carbocycles. The van der Waals surface area contributed by atoms with E-state index >= 15 is 0 Å². The van der Waals surface area contributed by atoms with Gasteiger partial charge in [-0.05, 0) is 54.7 Å². The SMILES string of the molecule is O=C(OCC(=O)N1CCCC1=O)c1c2c(nc3ccccc13)C(=Cc1c(F)cccc1Cl)CC2. The number of nitrogens with zero attached hydrogens (tertiary/aromatic N) is 2. The molecule has 5 rings (SSSR count). The van der Waals surface area contributed by atoms with E-state index in [1.54, 1.807) is 36.4 Å². The van der Waals surface area contributed by atoms with Crippen LogP contribution in [0.1, 0.15) is 46.4 Å². The highest BCUT2D eigenvalue weighted by atomic mass is 35.5. The molecule has 1 saturated heterocycles. The zero-order valence-corrected chi connectivity index (χ0v) is 18.9. The molecule has 8 heteroatoms. The second-order valence-corrected chi connectivity index (χ2v) is 8.66. The molecular formula is C26H20ClFN2O4. The minimum atomic E-state index is -0.653. The smallest absolute Gasteiger partial charge is 0.339 e. The first kappa shape index (κ1) is 22.2. The van der Waals surface area contributed by atoms with Crippen LogP contribution >= 0.6 is 11.6 Å². The highest BCUT2D eigenvalue weighted by Crippen LogP contribution is 2.38. The average Bonchev–Trinajstić information content (AvgIpc) is 3.44. The van der Waals surface area contributed by atoms with Gasteiger partial charge in [-0.15, -0.1) is 0 Å². The molecule has 0 N–H and O–H groups in total. The largest absolute Gasteiger partial charge is 0.452 e. The molecule has 2 heterocycles. The van der Waals surface area contributed by atoms with Gasteiger partial charge in [-0.25, -0.2) is 14.2 Å². The van der Waals surface area contributed by atoms with Crippen molar-refractivity contribution in [1.29, 1.82) is 0 Å². The van der Waals surface area contributed by atoms with E-state index in [1.165, 1.54) is 6.07 Å². The first-order chi connectivity index (χ1) is 16.4. The minimum Gasteiger partial charge on any atom is -0.452 e. The Labute approximate surface area is 200 Å². The van der Waals surface area contributed by atoms with E-state index in [-0.39, 0.29) is 16.5 Å². The third-order valence-corrected chi connectivity index (χ3v) is 6.49. The van der Waals surface area contributed by atoms with Crippen molar-refractivity contribution >= 4 is 51.9 Å². The van der Waals surface area contributed by atoms with E-state index in [0.29, 0.717) is 60.0 Å². The van der Waals surface area contributed by atoms with Gasteiger partial charge in [-0.2, -0.15) is 0 Å². The van der Waals surface area contributed by atoms with Crippen molar-refractivity contribution in [2.24, 2.45) is 0 Å². The third kappa shape index (κ3) is 3.96. The van der Waals surface area contributed by atoms with Crippen molar-refractivity contribution in [3.05, 3.63) is 75.7 Å². The maximum atomic E-state index is 14.4. The summed E-state index contributed by atoms with van der Waals surface area (Å²) in [4.78, 5) is 43.2. The predicted molar refractivity (Wildman–Crippen MR) is 126 cm³/mol. The second-order valence-electron chi connectivity index (χ2n) is 8.25. The Kier molecular flexibility index (Phi) is 5.87. The summed E-state index contributed by atoms with van der Waals surface area (Å²) in [5, 5.41) is 0.900. The molecule has 6 nitrogen and oxygen atoms in total. The Hall–Kier alpha value is -3.58. The minimum absolute atomic E-state index is 0.252. The lowest BCUT2D eigenvalue weighted by Crippen LogP contribution is -2.35. The molecule has 0 unspecified atom stereocenters. The molecule has 2 aliphatic rings. The molecule has 1 aliphatic heterocycles. The topological polar surface area (TPSA) is 76.6 Å². The zero-order valence-electron chi connectivity index (χ0n) is 18.1. The molecule has 2 amide bonds. The molecule has 172 valence electrons. The van der Waals surface area contributed by atoms with Gasteiger partial charge in [0.2, 0.25) is 5.91 Å². The van der Waals surface area contributed by atoms with Crippen molar-refractivity contribution in [2.75, 3.05) is 13.2 Å². The predicted octanol–water partition coefficient (Wildman–Crippen LogP) is 4.82. The van der Waals surface area contributed by atoms with E-state index in [2.05, 4.69) is 0 Å². The van der Waals surface area contributed by atoms with E-state index in [4.69, 9.17) is 21.3 Å². The fourth-order valence-corrected chi connectivity index (χ4v) is 4.74. The lowest BCUT2D eigenvalue weighted by Gasteiger charge is -2.15. The molecule has 2 aromatic carbocycles. The Bertz CT molecular complexity index is 1360. The van der Waals surface area contributed by atoms with Crippen LogP contribution in [0.15, 0.2) is 42.5 Å². The number of aromatic nitrogens is 1. The van der Waals surface area contributed by atoms with Gasteiger partial charge >= 0.3 is 5.97 Å². The number of ether oxygens (including phenoxy) is 1. The summed E-state index contributed by atoms with van der Waals surface area (Å²) in [5.41, 5.74) is 3.23. The Morgan fingerprint density at radius 2 is 1.94 bits per heavy atom. The number of pyridine rings is 1. The quantitative estimate of drug-likeness (QED) is 0.502. The number of likely N-dealkylation sites (tertiary alicyclic amines) is 1. The van der Waals surface area contributed by atoms with Crippen molar-refractivity contribution < 1.29 is 23.5 Å². The van der Waals surface area contributed by atoms with Crippen molar-refractivity contribution in [1.82, 2.24) is 9.88 Å². The molecule has 0 bridgehead atoms. The standard InChI is InChI=1S/C26H20ClFN2O4/c27-19-6-3-7-20(28)18(19)13-15-10-11-17-24(16-5-1-2-8-21(16)29-25(15)17)26(33)34-14-23(32)30-12-4-9-22(30)31/h1-3,5-8,13H,4,9-12,14H2. The van der Waals surface area contributed by atoms with E-state index in [9.17, 15) is 18.8 Å². The van der Waals surface area contributed by atoms with Crippen LogP contribution in [0.3, 0.4) is 0 Å². The average molecular weight is 479 g/mol. The normalized spacial score (nSPS) is 16.4. The number of benzene rings is 2. The number of esters is 1. The number of imide groups is 1. The van der Waals surface area contributed by atoms with Crippen molar-refractivity contribution in [2.45, 2.75) is 25.7 Å². The van der Waals surface area contributed by atoms with Gasteiger partial charge in [0.1, 0.15) is 5.82 Å². The number of allylic oxidation sites excluding steroid dienone is 1. The number of fused-ring (bicyclic) bond motifs is 2. The molecule has 1 aromatic heterocycles. The van der Waals surface area contributed by atoms with Gasteiger partial charge in [0.05, 0.1) is 21.8 Å². The number of halogens is 2. The highest BCUT2D eigenvalue weighted by Gasteiger charge is 2.30. The number of carbonyl (C=O) groups is 3. The summed E-state index contributed by atoms with van der Waals surface area (Å²) >= 11 is 6.21. The van der Waals surface area contributed by atoms with Gasteiger partial charge in [0.25, 0.3) is 5.91 Å². The lowest BCUT2D eigenvalue weighted by molar-refractivity contribution is -0.143. The molecular weight excluding hydrogens is 459 g/mol. The second kappa shape index (κ2) is 8.99. The first-order valence-corrected chi connectivity index (χ1v) is 11.4. The number of carbonyl (C=O) groups excluding carboxylic acids is 3. The van der Waals surface area contributed by atoms with Gasteiger partial charge in [0, 0.05) is 23.9 Å². The van der Waals surface area contributed by atoms with Crippen LogP contribution in [0.5, 0.6) is 0 Å². The molecule has 3 aromatic rings. The first-order valence-electron chi connectivity index (χ1n) is 11.0. The summed E-state index contributed by atoms with van der Waals surface area (Å²) in [7, 11) is 0. The summed E-state index contributed by atoms with van der Waals surface area (Å²) in [5.74, 6) is -1.87. The number of para-hydroxylation sites is 1. The van der Waals surface area contributed by atoms with Gasteiger partial charge in [0.15, 0.2) is 6.61 Å². The van der Waals surface area contributed by atoms with Crippen molar-refractivity contribution in [3.63, 3.8) is 0 Å². The number of amides is 2. The summed E-state index contributed by atoms with van der Waals surface area (Å²) in [6.45, 7) is -0.168. The maximum absolute atomic E-state index is 14.4. The number of rotatable bonds is 4. The molecule has 0 spiro atoms. The van der Waals surface area contributed by atoms with Crippen LogP contribution < -0.4 is 0 Å². The summed E-state index contributed by atoms with van der Waals surface area (Å²) < 4.78 is 19.8. The monoisotopic (exact) mass is 478 g/mol. The van der Waals surface area contributed by atoms with Crippen LogP contribution in [-0.2, 0) is 20.7 Å². The Morgan fingerprint density at radius 3 is 2.71 bits per heavy atom. The van der Waals surface area contributed by atoms with E-state index < -0.39 is 24.3 Å². The fraction of sp³-hybridized carbons (Fsp3) is 0.231. The summed E-state index contributed by atoms with van der Waals surface area (Å²) in [6.07, 6.45) is 3.66. The molecule has 0 radical (unpaired) electrons. The lowest BCUT2D eigenvalue weighted by atomic mass is 10.0. The Balaban J connectivity index is 1.52. The molecule has 0 atom stereocenters. The van der Waals surface area contributed by atoms with Crippen LogP contribution in [0.2, 0.25) is 5.02 Å². The van der Waals surface area contributed by atoms with Gasteiger partial charge in [-0.1, -0.05) is 35.9 Å². The zero-order chi connectivity index (χ0) is 23.8. The molecule has 1 fully saturated rings. The fourth-order valence-electron chi connectivity index (χ4n) is 4.52. The molecule has 0 saturated carbocycles. The van der Waals surface area contributed by atoms with E-state index in [1.807, 2.05) is 6.07 Å². The summed E-state index contributed by atoms with van der Waals surface area (Å²) in [6, 6.07) is 11.7. The third-order valence-electron chi connectivity index (χ3n) is 6.17. The van der Waals surface area contributed by atoms with Gasteiger partial charge < -0.3 is 4.74 Å². The maximum Gasteiger partial charge on any atom is 0.339 e. The Morgan fingerprint density at radius 1 is 1.12 bits per heavy atom.